The Morgan fingerprint density at radius 1 is 1.50 bits per heavy atom. The first-order valence-electron chi connectivity index (χ1n) is 3.99. The molecule has 1 aromatic rings. The van der Waals surface area contributed by atoms with Gasteiger partial charge in [0.2, 0.25) is 5.91 Å². The summed E-state index contributed by atoms with van der Waals surface area (Å²) in [6.45, 7) is 0. The van der Waals surface area contributed by atoms with Crippen LogP contribution in [-0.2, 0) is 4.79 Å². The highest BCUT2D eigenvalue weighted by molar-refractivity contribution is 9.10. The molecule has 76 valence electrons. The van der Waals surface area contributed by atoms with Crippen LogP contribution in [0.2, 0.25) is 0 Å². The van der Waals surface area contributed by atoms with Crippen molar-refractivity contribution in [2.45, 2.75) is 12.5 Å². The van der Waals surface area contributed by atoms with Crippen molar-refractivity contribution in [3.63, 3.8) is 0 Å². The van der Waals surface area contributed by atoms with E-state index in [1.165, 1.54) is 12.1 Å². The average Bonchev–Trinajstić information content (AvgIpc) is 2.00. The molecular weight excluding hydrogens is 251 g/mol. The first-order valence-corrected chi connectivity index (χ1v) is 4.78. The molecule has 0 bridgehead atoms. The van der Waals surface area contributed by atoms with Crippen LogP contribution >= 0.6 is 15.9 Å². The predicted octanol–water partition coefficient (Wildman–Crippen LogP) is 1.46. The van der Waals surface area contributed by atoms with Crippen LogP contribution in [0.3, 0.4) is 0 Å². The second-order valence-corrected chi connectivity index (χ2v) is 3.90. The number of hydrogen-bond acceptors (Lipinski definition) is 2. The van der Waals surface area contributed by atoms with E-state index in [4.69, 9.17) is 11.5 Å². The van der Waals surface area contributed by atoms with E-state index in [1.54, 1.807) is 6.07 Å². The van der Waals surface area contributed by atoms with Crippen molar-refractivity contribution in [3.05, 3.63) is 34.1 Å². The first-order chi connectivity index (χ1) is 6.49. The van der Waals surface area contributed by atoms with Gasteiger partial charge in [0.25, 0.3) is 0 Å². The molecule has 0 unspecified atom stereocenters. The molecule has 1 rings (SSSR count). The topological polar surface area (TPSA) is 69.1 Å². The third-order valence-electron chi connectivity index (χ3n) is 1.73. The smallest absolute Gasteiger partial charge is 0.219 e. The zero-order valence-corrected chi connectivity index (χ0v) is 8.92. The maximum absolute atomic E-state index is 12.9. The molecule has 0 aliphatic rings. The van der Waals surface area contributed by atoms with E-state index >= 15 is 0 Å². The fourth-order valence-corrected chi connectivity index (χ4v) is 1.61. The monoisotopic (exact) mass is 260 g/mol. The molecule has 4 N–H and O–H groups in total. The molecule has 5 heteroatoms. The average molecular weight is 261 g/mol. The minimum atomic E-state index is -0.556. The van der Waals surface area contributed by atoms with Crippen molar-refractivity contribution in [3.8, 4) is 0 Å². The molecule has 0 aliphatic carbocycles. The number of nitrogens with two attached hydrogens (primary N) is 2. The van der Waals surface area contributed by atoms with Gasteiger partial charge in [0, 0.05) is 16.9 Å². The lowest BCUT2D eigenvalue weighted by molar-refractivity contribution is -0.118. The van der Waals surface area contributed by atoms with Gasteiger partial charge in [-0.25, -0.2) is 4.39 Å². The molecular formula is C9H10BrFN2O. The van der Waals surface area contributed by atoms with E-state index < -0.39 is 17.8 Å². The standard InChI is InChI=1S/C9H10BrFN2O/c10-6-1-5(2-7(11)3-6)8(12)4-9(13)14/h1-3,8H,4,12H2,(H2,13,14)/t8-/m0/s1. The summed E-state index contributed by atoms with van der Waals surface area (Å²) in [5, 5.41) is 0. The Labute approximate surface area is 89.4 Å². The number of carbonyl (C=O) groups excluding carboxylic acids is 1. The molecule has 1 aromatic carbocycles. The van der Waals surface area contributed by atoms with Crippen molar-refractivity contribution in [2.24, 2.45) is 11.5 Å². The summed E-state index contributed by atoms with van der Waals surface area (Å²) >= 11 is 3.14. The Hall–Kier alpha value is -0.940. The van der Waals surface area contributed by atoms with Gasteiger partial charge < -0.3 is 11.5 Å². The number of benzene rings is 1. The minimum absolute atomic E-state index is 0.00981. The predicted molar refractivity (Wildman–Crippen MR) is 54.8 cm³/mol. The molecule has 0 spiro atoms. The molecule has 0 saturated heterocycles. The summed E-state index contributed by atoms with van der Waals surface area (Å²) in [6, 6.07) is 3.72. The Morgan fingerprint density at radius 3 is 2.64 bits per heavy atom. The SMILES string of the molecule is NC(=O)C[C@H](N)c1cc(F)cc(Br)c1. The second kappa shape index (κ2) is 4.52. The van der Waals surface area contributed by atoms with Gasteiger partial charge in [-0.15, -0.1) is 0 Å². The molecule has 0 saturated carbocycles. The summed E-state index contributed by atoms with van der Waals surface area (Å²) < 4.78 is 13.5. The Kier molecular flexibility index (Phi) is 3.60. The Bertz CT molecular complexity index is 336. The molecule has 0 radical (unpaired) electrons. The molecule has 0 heterocycles. The molecule has 1 atom stereocenters. The van der Waals surface area contributed by atoms with E-state index in [1.807, 2.05) is 0 Å². The normalized spacial score (nSPS) is 12.5. The van der Waals surface area contributed by atoms with Crippen LogP contribution < -0.4 is 11.5 Å². The summed E-state index contributed by atoms with van der Waals surface area (Å²) in [6.07, 6.45) is 0.00981. The van der Waals surface area contributed by atoms with Crippen LogP contribution in [0.25, 0.3) is 0 Å². The number of hydrogen-bond donors (Lipinski definition) is 2. The second-order valence-electron chi connectivity index (χ2n) is 2.98. The van der Waals surface area contributed by atoms with Crippen LogP contribution in [-0.4, -0.2) is 5.91 Å². The maximum atomic E-state index is 12.9. The maximum Gasteiger partial charge on any atom is 0.219 e. The lowest BCUT2D eigenvalue weighted by atomic mass is 10.0. The van der Waals surface area contributed by atoms with Crippen molar-refractivity contribution in [2.75, 3.05) is 0 Å². The van der Waals surface area contributed by atoms with Gasteiger partial charge >= 0.3 is 0 Å². The van der Waals surface area contributed by atoms with Gasteiger partial charge in [0.15, 0.2) is 0 Å². The van der Waals surface area contributed by atoms with Crippen LogP contribution in [0.4, 0.5) is 4.39 Å². The molecule has 0 aromatic heterocycles. The van der Waals surface area contributed by atoms with E-state index in [0.29, 0.717) is 10.0 Å². The zero-order chi connectivity index (χ0) is 10.7. The minimum Gasteiger partial charge on any atom is -0.370 e. The molecule has 1 amide bonds. The quantitative estimate of drug-likeness (QED) is 0.864. The number of halogens is 2. The molecule has 0 aliphatic heterocycles. The summed E-state index contributed by atoms with van der Waals surface area (Å²) in [5.74, 6) is -0.896. The highest BCUT2D eigenvalue weighted by Crippen LogP contribution is 2.20. The molecule has 3 nitrogen and oxygen atoms in total. The highest BCUT2D eigenvalue weighted by atomic mass is 79.9. The summed E-state index contributed by atoms with van der Waals surface area (Å²) in [5.41, 5.74) is 11.2. The van der Waals surface area contributed by atoms with Gasteiger partial charge in [-0.05, 0) is 23.8 Å². The first kappa shape index (κ1) is 11.1. The van der Waals surface area contributed by atoms with Gasteiger partial charge in [-0.1, -0.05) is 15.9 Å². The van der Waals surface area contributed by atoms with Gasteiger partial charge in [0.05, 0.1) is 0 Å². The number of carbonyl (C=O) groups is 1. The van der Waals surface area contributed by atoms with Crippen molar-refractivity contribution >= 4 is 21.8 Å². The van der Waals surface area contributed by atoms with Crippen LogP contribution in [0.5, 0.6) is 0 Å². The van der Waals surface area contributed by atoms with Crippen LogP contribution in [0.1, 0.15) is 18.0 Å². The van der Waals surface area contributed by atoms with Crippen molar-refractivity contribution < 1.29 is 9.18 Å². The number of primary amides is 1. The van der Waals surface area contributed by atoms with E-state index in [9.17, 15) is 9.18 Å². The highest BCUT2D eigenvalue weighted by Gasteiger charge is 2.10. The Balaban J connectivity index is 2.89. The lowest BCUT2D eigenvalue weighted by Gasteiger charge is -2.10. The van der Waals surface area contributed by atoms with Gasteiger partial charge in [0.1, 0.15) is 5.82 Å². The zero-order valence-electron chi connectivity index (χ0n) is 7.34. The van der Waals surface area contributed by atoms with E-state index in [2.05, 4.69) is 15.9 Å². The Morgan fingerprint density at radius 2 is 2.14 bits per heavy atom. The number of amides is 1. The number of rotatable bonds is 3. The van der Waals surface area contributed by atoms with Gasteiger partial charge in [-0.2, -0.15) is 0 Å². The molecule has 0 fully saturated rings. The summed E-state index contributed by atoms with van der Waals surface area (Å²) in [4.78, 5) is 10.6. The lowest BCUT2D eigenvalue weighted by Crippen LogP contribution is -2.20. The van der Waals surface area contributed by atoms with Crippen molar-refractivity contribution in [1.29, 1.82) is 0 Å². The third kappa shape index (κ3) is 3.08. The van der Waals surface area contributed by atoms with E-state index in [0.717, 1.165) is 0 Å². The third-order valence-corrected chi connectivity index (χ3v) is 2.19. The van der Waals surface area contributed by atoms with Crippen LogP contribution in [0.15, 0.2) is 22.7 Å². The van der Waals surface area contributed by atoms with Crippen molar-refractivity contribution in [1.82, 2.24) is 0 Å². The molecule has 14 heavy (non-hydrogen) atoms. The largest absolute Gasteiger partial charge is 0.370 e. The fourth-order valence-electron chi connectivity index (χ4n) is 1.12. The summed E-state index contributed by atoms with van der Waals surface area (Å²) in [7, 11) is 0. The van der Waals surface area contributed by atoms with Gasteiger partial charge in [-0.3, -0.25) is 4.79 Å². The van der Waals surface area contributed by atoms with Crippen LogP contribution in [0, 0.1) is 5.82 Å². The van der Waals surface area contributed by atoms with E-state index in [-0.39, 0.29) is 6.42 Å². The fraction of sp³-hybridized carbons (Fsp3) is 0.222.